The second kappa shape index (κ2) is 10.6. The number of carboxylic acids is 1. The summed E-state index contributed by atoms with van der Waals surface area (Å²) >= 11 is 0. The van der Waals surface area contributed by atoms with Gasteiger partial charge in [0.15, 0.2) is 0 Å². The lowest BCUT2D eigenvalue weighted by Gasteiger charge is -2.16. The first-order valence-corrected chi connectivity index (χ1v) is 10.3. The maximum Gasteiger partial charge on any atom is 0.323 e. The number of nitrogens with one attached hydrogen (secondary N) is 2. The summed E-state index contributed by atoms with van der Waals surface area (Å²) in [5.74, 6) is -1.37. The summed E-state index contributed by atoms with van der Waals surface area (Å²) in [4.78, 5) is 23.6. The number of carboxylic acid groups (broad SMARTS) is 1. The van der Waals surface area contributed by atoms with Gasteiger partial charge >= 0.3 is 5.97 Å². The van der Waals surface area contributed by atoms with Crippen LogP contribution in [0.1, 0.15) is 16.8 Å². The van der Waals surface area contributed by atoms with Gasteiger partial charge in [-0.2, -0.15) is 4.72 Å². The Morgan fingerprint density at radius 3 is 2.31 bits per heavy atom. The highest BCUT2D eigenvalue weighted by Crippen LogP contribution is 2.12. The van der Waals surface area contributed by atoms with Crippen LogP contribution in [0.2, 0.25) is 0 Å². The molecule has 10 heteroatoms. The highest BCUT2D eigenvalue weighted by molar-refractivity contribution is 7.89. The zero-order valence-electron chi connectivity index (χ0n) is 15.6. The average molecular weight is 421 g/mol. The Morgan fingerprint density at radius 2 is 1.72 bits per heavy atom. The molecule has 9 nitrogen and oxygen atoms in total. The van der Waals surface area contributed by atoms with E-state index in [0.29, 0.717) is 25.3 Å². The molecule has 0 fully saturated rings. The zero-order chi connectivity index (χ0) is 21.3. The van der Waals surface area contributed by atoms with Gasteiger partial charge in [0, 0.05) is 12.1 Å². The molecule has 0 aliphatic heterocycles. The molecule has 0 saturated carbocycles. The molecule has 0 aromatic heterocycles. The smallest absolute Gasteiger partial charge is 0.323 e. The van der Waals surface area contributed by atoms with Gasteiger partial charge in [-0.05, 0) is 49.4 Å². The highest BCUT2D eigenvalue weighted by Gasteiger charge is 2.25. The number of rotatable bonds is 11. The van der Waals surface area contributed by atoms with E-state index in [1.54, 1.807) is 18.2 Å². The monoisotopic (exact) mass is 421 g/mol. The lowest BCUT2D eigenvalue weighted by Crippen LogP contribution is -2.48. The molecule has 0 spiro atoms. The van der Waals surface area contributed by atoms with Crippen molar-refractivity contribution in [2.24, 2.45) is 5.73 Å². The SMILES string of the molecule is NCCCOc1ccc(C(=O)NC[C@H](NS(=O)(=O)c2ccccc2)C(=O)O)cc1. The number of hydrogen-bond donors (Lipinski definition) is 4. The number of carbonyl (C=O) groups excluding carboxylic acids is 1. The molecule has 0 saturated heterocycles. The molecule has 29 heavy (non-hydrogen) atoms. The van der Waals surface area contributed by atoms with Gasteiger partial charge in [-0.25, -0.2) is 8.42 Å². The van der Waals surface area contributed by atoms with Crippen molar-refractivity contribution in [3.8, 4) is 5.75 Å². The normalized spacial score (nSPS) is 12.2. The van der Waals surface area contributed by atoms with Crippen LogP contribution in [-0.4, -0.2) is 51.1 Å². The molecule has 2 aromatic carbocycles. The van der Waals surface area contributed by atoms with E-state index in [4.69, 9.17) is 10.5 Å². The Labute approximate surface area is 168 Å². The Hall–Kier alpha value is -2.95. The van der Waals surface area contributed by atoms with E-state index >= 15 is 0 Å². The third-order valence-corrected chi connectivity index (χ3v) is 5.34. The molecule has 156 valence electrons. The Kier molecular flexibility index (Phi) is 8.13. The van der Waals surface area contributed by atoms with Gasteiger partial charge in [0.2, 0.25) is 10.0 Å². The number of benzene rings is 2. The molecular formula is C19H23N3O6S. The van der Waals surface area contributed by atoms with Crippen LogP contribution in [0.3, 0.4) is 0 Å². The van der Waals surface area contributed by atoms with Crippen molar-refractivity contribution in [2.75, 3.05) is 19.7 Å². The van der Waals surface area contributed by atoms with E-state index in [1.807, 2.05) is 0 Å². The van der Waals surface area contributed by atoms with E-state index in [9.17, 15) is 23.1 Å². The second-order valence-electron chi connectivity index (χ2n) is 6.05. The van der Waals surface area contributed by atoms with E-state index in [-0.39, 0.29) is 10.5 Å². The standard InChI is InChI=1S/C19H23N3O6S/c20-11-4-12-28-15-9-7-14(8-10-15)18(23)21-13-17(19(24)25)22-29(26,27)16-5-2-1-3-6-16/h1-3,5-10,17,22H,4,11-13,20H2,(H,21,23)(H,24,25)/t17-/m0/s1. The summed E-state index contributed by atoms with van der Waals surface area (Å²) < 4.78 is 32.1. The van der Waals surface area contributed by atoms with Crippen LogP contribution in [-0.2, 0) is 14.8 Å². The third-order valence-electron chi connectivity index (χ3n) is 3.85. The van der Waals surface area contributed by atoms with Crippen LogP contribution >= 0.6 is 0 Å². The molecule has 2 aromatic rings. The average Bonchev–Trinajstić information content (AvgIpc) is 2.72. The van der Waals surface area contributed by atoms with Crippen LogP contribution in [0.4, 0.5) is 0 Å². The van der Waals surface area contributed by atoms with Gasteiger partial charge < -0.3 is 20.9 Å². The van der Waals surface area contributed by atoms with Gasteiger partial charge in [-0.3, -0.25) is 9.59 Å². The van der Waals surface area contributed by atoms with E-state index < -0.39 is 34.5 Å². The topological polar surface area (TPSA) is 148 Å². The molecule has 0 aliphatic carbocycles. The number of aliphatic carboxylic acids is 1. The minimum atomic E-state index is -4.04. The first-order chi connectivity index (χ1) is 13.8. The summed E-state index contributed by atoms with van der Waals surface area (Å²) in [5, 5.41) is 11.7. The van der Waals surface area contributed by atoms with Crippen LogP contribution < -0.4 is 20.5 Å². The van der Waals surface area contributed by atoms with Crippen LogP contribution in [0.25, 0.3) is 0 Å². The lowest BCUT2D eigenvalue weighted by molar-refractivity contribution is -0.138. The molecule has 0 heterocycles. The summed E-state index contributed by atoms with van der Waals surface area (Å²) in [6.07, 6.45) is 0.706. The van der Waals surface area contributed by atoms with Gasteiger partial charge in [-0.1, -0.05) is 18.2 Å². The Morgan fingerprint density at radius 1 is 1.07 bits per heavy atom. The molecular weight excluding hydrogens is 398 g/mol. The van der Waals surface area contributed by atoms with Crippen molar-refractivity contribution in [2.45, 2.75) is 17.4 Å². The summed E-state index contributed by atoms with van der Waals surface area (Å²) in [5.41, 5.74) is 5.67. The van der Waals surface area contributed by atoms with E-state index in [1.165, 1.54) is 36.4 Å². The molecule has 2 rings (SSSR count). The predicted octanol–water partition coefficient (Wildman–Crippen LogP) is 0.576. The number of sulfonamides is 1. The maximum absolute atomic E-state index is 12.3. The molecule has 0 aliphatic rings. The number of hydrogen-bond acceptors (Lipinski definition) is 6. The molecule has 0 unspecified atom stereocenters. The fourth-order valence-corrected chi connectivity index (χ4v) is 3.52. The zero-order valence-corrected chi connectivity index (χ0v) is 16.4. The second-order valence-corrected chi connectivity index (χ2v) is 7.76. The summed E-state index contributed by atoms with van der Waals surface area (Å²) in [6.45, 7) is 0.554. The van der Waals surface area contributed by atoms with Crippen molar-refractivity contribution >= 4 is 21.9 Å². The van der Waals surface area contributed by atoms with Crippen molar-refractivity contribution in [1.82, 2.24) is 10.0 Å². The van der Waals surface area contributed by atoms with Crippen molar-refractivity contribution in [3.05, 3.63) is 60.2 Å². The number of carbonyl (C=O) groups is 2. The number of ether oxygens (including phenoxy) is 1. The quantitative estimate of drug-likeness (QED) is 0.388. The highest BCUT2D eigenvalue weighted by atomic mass is 32.2. The largest absolute Gasteiger partial charge is 0.494 e. The number of nitrogens with two attached hydrogens (primary N) is 1. The van der Waals surface area contributed by atoms with Gasteiger partial charge in [0.05, 0.1) is 11.5 Å². The lowest BCUT2D eigenvalue weighted by atomic mass is 10.2. The minimum Gasteiger partial charge on any atom is -0.494 e. The summed E-state index contributed by atoms with van der Waals surface area (Å²) in [6, 6.07) is 12.1. The van der Waals surface area contributed by atoms with Gasteiger partial charge in [0.1, 0.15) is 11.8 Å². The molecule has 0 radical (unpaired) electrons. The van der Waals surface area contributed by atoms with Crippen molar-refractivity contribution in [1.29, 1.82) is 0 Å². The molecule has 1 atom stereocenters. The van der Waals surface area contributed by atoms with Crippen LogP contribution in [0.15, 0.2) is 59.5 Å². The predicted molar refractivity (Wildman–Crippen MR) is 106 cm³/mol. The van der Waals surface area contributed by atoms with Crippen molar-refractivity contribution in [3.63, 3.8) is 0 Å². The molecule has 0 bridgehead atoms. The summed E-state index contributed by atoms with van der Waals surface area (Å²) in [7, 11) is -4.04. The third kappa shape index (κ3) is 6.86. The molecule has 5 N–H and O–H groups in total. The van der Waals surface area contributed by atoms with Crippen molar-refractivity contribution < 1.29 is 27.9 Å². The van der Waals surface area contributed by atoms with Crippen LogP contribution in [0, 0.1) is 0 Å². The molecule has 1 amide bonds. The Balaban J connectivity index is 1.96. The van der Waals surface area contributed by atoms with Crippen LogP contribution in [0.5, 0.6) is 5.75 Å². The minimum absolute atomic E-state index is 0.0669. The first kappa shape index (κ1) is 22.3. The van der Waals surface area contributed by atoms with Gasteiger partial charge in [0.25, 0.3) is 5.91 Å². The number of amides is 1. The van der Waals surface area contributed by atoms with E-state index in [2.05, 4.69) is 10.0 Å². The Bertz CT molecular complexity index is 917. The fourth-order valence-electron chi connectivity index (χ4n) is 2.31. The maximum atomic E-state index is 12.3. The van der Waals surface area contributed by atoms with E-state index in [0.717, 1.165) is 0 Å². The first-order valence-electron chi connectivity index (χ1n) is 8.85. The van der Waals surface area contributed by atoms with Gasteiger partial charge in [-0.15, -0.1) is 0 Å². The fraction of sp³-hybridized carbons (Fsp3) is 0.263.